The van der Waals surface area contributed by atoms with Crippen molar-refractivity contribution in [2.24, 2.45) is 0 Å². The summed E-state index contributed by atoms with van der Waals surface area (Å²) in [7, 11) is -7.06. The lowest BCUT2D eigenvalue weighted by Crippen LogP contribution is -2.44. The molecule has 4 unspecified atom stereocenters. The average Bonchev–Trinajstić information content (AvgIpc) is 3.08. The lowest BCUT2D eigenvalue weighted by atomic mass is 10.2. The van der Waals surface area contributed by atoms with E-state index in [4.69, 9.17) is 0 Å². The molecular formula is C15H19NO4S3. The van der Waals surface area contributed by atoms with Crippen LogP contribution < -0.4 is 0 Å². The summed E-state index contributed by atoms with van der Waals surface area (Å²) in [5.74, 6) is 0. The van der Waals surface area contributed by atoms with Crippen LogP contribution in [0.1, 0.15) is 19.3 Å². The van der Waals surface area contributed by atoms with Gasteiger partial charge in [0.05, 0.1) is 10.2 Å². The molecule has 2 aliphatic heterocycles. The van der Waals surface area contributed by atoms with E-state index in [0.717, 1.165) is 31.0 Å². The number of rotatable bonds is 4. The van der Waals surface area contributed by atoms with Crippen molar-refractivity contribution in [3.05, 3.63) is 42.5 Å². The molecule has 0 N–H and O–H groups in total. The summed E-state index contributed by atoms with van der Waals surface area (Å²) in [6, 6.07) is 8.16. The molecule has 126 valence electrons. The second kappa shape index (κ2) is 6.78. The zero-order valence-corrected chi connectivity index (χ0v) is 15.0. The summed E-state index contributed by atoms with van der Waals surface area (Å²) in [6.45, 7) is 1.06. The maximum Gasteiger partial charge on any atom is 0.206 e. The Kier molecular flexibility index (Phi) is 5.10. The van der Waals surface area contributed by atoms with Gasteiger partial charge < -0.3 is 9.11 Å². The molecule has 1 aromatic carbocycles. The van der Waals surface area contributed by atoms with Crippen LogP contribution in [0.3, 0.4) is 0 Å². The number of nitrogens with zero attached hydrogens (tertiary/aromatic N) is 1. The van der Waals surface area contributed by atoms with Crippen LogP contribution in [-0.4, -0.2) is 35.7 Å². The van der Waals surface area contributed by atoms with E-state index in [0.29, 0.717) is 13.1 Å². The fraction of sp³-hybridized carbons (Fsp3) is 0.467. The summed E-state index contributed by atoms with van der Waals surface area (Å²) in [4.78, 5) is 0.221. The first-order valence-corrected chi connectivity index (χ1v) is 11.5. The normalized spacial score (nSPS) is 30.7. The van der Waals surface area contributed by atoms with E-state index < -0.39 is 29.8 Å². The molecule has 0 bridgehead atoms. The minimum Gasteiger partial charge on any atom is -0.609 e. The van der Waals surface area contributed by atoms with E-state index in [1.807, 2.05) is 0 Å². The van der Waals surface area contributed by atoms with Crippen LogP contribution in [0.4, 0.5) is 0 Å². The fourth-order valence-electron chi connectivity index (χ4n) is 2.76. The lowest BCUT2D eigenvalue weighted by Gasteiger charge is -2.33. The van der Waals surface area contributed by atoms with E-state index in [2.05, 4.69) is 0 Å². The van der Waals surface area contributed by atoms with Gasteiger partial charge in [0, 0.05) is 13.1 Å². The van der Waals surface area contributed by atoms with Crippen molar-refractivity contribution < 1.29 is 17.5 Å². The number of thioether (sulfide) groups is 1. The van der Waals surface area contributed by atoms with Gasteiger partial charge in [-0.25, -0.2) is 0 Å². The van der Waals surface area contributed by atoms with Gasteiger partial charge in [-0.15, -0.1) is 8.51 Å². The van der Waals surface area contributed by atoms with Crippen molar-refractivity contribution in [3.8, 4) is 0 Å². The van der Waals surface area contributed by atoms with Crippen LogP contribution in [0.5, 0.6) is 0 Å². The Labute approximate surface area is 143 Å². The molecule has 2 heterocycles. The largest absolute Gasteiger partial charge is 0.609 e. The molecule has 1 fully saturated rings. The molecule has 8 heteroatoms. The van der Waals surface area contributed by atoms with Crippen molar-refractivity contribution in [1.29, 1.82) is 0 Å². The Hall–Kier alpha value is -0.510. The van der Waals surface area contributed by atoms with Crippen LogP contribution in [-0.2, 0) is 29.0 Å². The standard InChI is InChI=1S/C15H19NO4S3/c17-22(18,13-7-3-1-4-8-13)14-9-10-15(21-14)23(19,20)16-11-5-2-6-12-16/h1,3-4,7-10,14-15H,2,5-6,11-12H2. The number of hydrogen-bond donors (Lipinski definition) is 0. The molecule has 3 rings (SSSR count). The first kappa shape index (κ1) is 17.3. The van der Waals surface area contributed by atoms with E-state index in [1.54, 1.807) is 18.2 Å². The summed E-state index contributed by atoms with van der Waals surface area (Å²) in [5.41, 5.74) is 0. The minimum atomic E-state index is -3.57. The highest BCUT2D eigenvalue weighted by Crippen LogP contribution is 2.42. The summed E-state index contributed by atoms with van der Waals surface area (Å²) in [5, 5.41) is 0. The maximum atomic E-state index is 12.7. The minimum absolute atomic E-state index is 0.221. The Bertz CT molecular complexity index is 673. The Morgan fingerprint density at radius 2 is 1.57 bits per heavy atom. The van der Waals surface area contributed by atoms with Gasteiger partial charge >= 0.3 is 0 Å². The van der Waals surface area contributed by atoms with Gasteiger partial charge in [-0.3, -0.25) is 0 Å². The van der Waals surface area contributed by atoms with Crippen molar-refractivity contribution in [2.45, 2.75) is 33.3 Å². The smallest absolute Gasteiger partial charge is 0.206 e. The second-order valence-corrected chi connectivity index (χ2v) is 11.6. The number of piperidine rings is 1. The molecular weight excluding hydrogens is 354 g/mol. The molecule has 0 spiro atoms. The zero-order chi connectivity index (χ0) is 16.5. The molecule has 0 radical (unpaired) electrons. The van der Waals surface area contributed by atoms with Gasteiger partial charge in [0.25, 0.3) is 0 Å². The van der Waals surface area contributed by atoms with Crippen LogP contribution in [0, 0.1) is 0 Å². The van der Waals surface area contributed by atoms with E-state index in [9.17, 15) is 17.5 Å². The Balaban J connectivity index is 1.75. The highest BCUT2D eigenvalue weighted by molar-refractivity contribution is 8.23. The molecule has 0 aromatic heterocycles. The number of sulfone groups is 1. The monoisotopic (exact) mass is 373 g/mol. The summed E-state index contributed by atoms with van der Waals surface area (Å²) >= 11 is 0.984. The molecule has 1 saturated heterocycles. The molecule has 0 saturated carbocycles. The third-order valence-electron chi connectivity index (χ3n) is 4.04. The maximum absolute atomic E-state index is 12.7. The zero-order valence-electron chi connectivity index (χ0n) is 12.5. The third-order valence-corrected chi connectivity index (χ3v) is 10.6. The second-order valence-electron chi connectivity index (χ2n) is 5.62. The van der Waals surface area contributed by atoms with E-state index in [1.165, 1.54) is 28.6 Å². The molecule has 0 amide bonds. The van der Waals surface area contributed by atoms with Crippen LogP contribution >= 0.6 is 11.8 Å². The van der Waals surface area contributed by atoms with Gasteiger partial charge in [0.1, 0.15) is 10.4 Å². The highest BCUT2D eigenvalue weighted by Gasteiger charge is 2.46. The van der Waals surface area contributed by atoms with Crippen molar-refractivity contribution in [1.82, 2.24) is 4.31 Å². The molecule has 4 atom stereocenters. The van der Waals surface area contributed by atoms with Crippen molar-refractivity contribution >= 4 is 32.4 Å². The Morgan fingerprint density at radius 1 is 0.957 bits per heavy atom. The van der Waals surface area contributed by atoms with Crippen molar-refractivity contribution in [2.75, 3.05) is 13.1 Å². The van der Waals surface area contributed by atoms with Crippen LogP contribution in [0.2, 0.25) is 0 Å². The predicted octanol–water partition coefficient (Wildman–Crippen LogP) is 2.66. The van der Waals surface area contributed by atoms with Gasteiger partial charge in [0.2, 0.25) is 4.58 Å². The quantitative estimate of drug-likeness (QED) is 0.598. The number of benzene rings is 1. The molecule has 1 aromatic rings. The van der Waals surface area contributed by atoms with E-state index >= 15 is 0 Å². The van der Waals surface area contributed by atoms with Crippen LogP contribution in [0.25, 0.3) is 0 Å². The summed E-state index contributed by atoms with van der Waals surface area (Å²) in [6.07, 6.45) is 5.79. The molecule has 0 aliphatic carbocycles. The average molecular weight is 374 g/mol. The lowest BCUT2D eigenvalue weighted by molar-refractivity contribution is 0.312. The van der Waals surface area contributed by atoms with Gasteiger partial charge in [-0.05, 0) is 48.9 Å². The fourth-order valence-corrected chi connectivity index (χ4v) is 8.62. The molecule has 2 aliphatic rings. The predicted molar refractivity (Wildman–Crippen MR) is 92.1 cm³/mol. The van der Waals surface area contributed by atoms with Crippen LogP contribution in [0.15, 0.2) is 47.4 Å². The highest BCUT2D eigenvalue weighted by atomic mass is 32.3. The van der Waals surface area contributed by atoms with Gasteiger partial charge in [-0.1, -0.05) is 28.8 Å². The number of hydrogen-bond acceptors (Lipinski definition) is 5. The molecule has 5 nitrogen and oxygen atoms in total. The third kappa shape index (κ3) is 3.47. The molecule has 23 heavy (non-hydrogen) atoms. The Morgan fingerprint density at radius 3 is 2.22 bits per heavy atom. The SMILES string of the molecule is O=[S+]([O-])(c1ccccc1)C1C=CC([S+](=O)([O-])N2CCCCC2)S1. The van der Waals surface area contributed by atoms with E-state index in [-0.39, 0.29) is 4.90 Å². The number of sulfonamides is 1. The van der Waals surface area contributed by atoms with Gasteiger partial charge in [0.15, 0.2) is 9.48 Å². The van der Waals surface area contributed by atoms with Crippen molar-refractivity contribution in [3.63, 3.8) is 0 Å². The topological polar surface area (TPSA) is 83.5 Å². The first-order valence-electron chi connectivity index (χ1n) is 7.54. The summed E-state index contributed by atoms with van der Waals surface area (Å²) < 4.78 is 50.3. The first-order chi connectivity index (χ1) is 10.9. The van der Waals surface area contributed by atoms with Gasteiger partial charge in [-0.2, -0.15) is 0 Å².